The van der Waals surface area contributed by atoms with Crippen molar-refractivity contribution in [2.45, 2.75) is 13.5 Å². The molecule has 0 unspecified atom stereocenters. The molecule has 128 valence electrons. The number of carbonyl (C=O) groups excluding carboxylic acids is 2. The van der Waals surface area contributed by atoms with E-state index in [4.69, 9.17) is 9.15 Å². The maximum Gasteiger partial charge on any atom is 0.340 e. The topological polar surface area (TPSA) is 80.0 Å². The van der Waals surface area contributed by atoms with E-state index in [0.717, 1.165) is 0 Å². The highest BCUT2D eigenvalue weighted by Crippen LogP contribution is 2.33. The first-order valence-corrected chi connectivity index (χ1v) is 7.66. The lowest BCUT2D eigenvalue weighted by Crippen LogP contribution is -2.24. The molecule has 1 aromatic heterocycles. The van der Waals surface area contributed by atoms with Crippen LogP contribution in [0.5, 0.6) is 5.75 Å². The number of carbonyl (C=O) groups is 2. The first-order chi connectivity index (χ1) is 12.0. The monoisotopic (exact) mass is 339 g/mol. The molecule has 0 aliphatic carbocycles. The summed E-state index contributed by atoms with van der Waals surface area (Å²) in [5.41, 5.74) is 1.68. The first-order valence-electron chi connectivity index (χ1n) is 7.66. The number of ether oxygens (including phenoxy) is 1. The molecule has 2 aromatic rings. The van der Waals surface area contributed by atoms with Crippen molar-refractivity contribution in [3.8, 4) is 5.75 Å². The van der Waals surface area contributed by atoms with E-state index in [1.54, 1.807) is 37.3 Å². The van der Waals surface area contributed by atoms with Crippen LogP contribution < -0.4 is 0 Å². The molecule has 2 heterocycles. The van der Waals surface area contributed by atoms with Crippen molar-refractivity contribution in [3.63, 3.8) is 0 Å². The number of hydrogen-bond acceptors (Lipinski definition) is 5. The number of benzene rings is 1. The summed E-state index contributed by atoms with van der Waals surface area (Å²) in [7, 11) is 1.28. The number of allylic oxidation sites excluding steroid dienone is 1. The second-order valence-corrected chi connectivity index (χ2v) is 5.57. The third-order valence-electron chi connectivity index (χ3n) is 4.00. The smallest absolute Gasteiger partial charge is 0.340 e. The van der Waals surface area contributed by atoms with Gasteiger partial charge in [-0.1, -0.05) is 12.1 Å². The summed E-state index contributed by atoms with van der Waals surface area (Å²) in [6, 6.07) is 9.86. The number of furan rings is 1. The summed E-state index contributed by atoms with van der Waals surface area (Å²) >= 11 is 0. The summed E-state index contributed by atoms with van der Waals surface area (Å²) in [5.74, 6) is -0.137. The molecule has 0 fully saturated rings. The van der Waals surface area contributed by atoms with Gasteiger partial charge < -0.3 is 19.2 Å². The molecule has 0 bridgehead atoms. The van der Waals surface area contributed by atoms with Gasteiger partial charge in [0.2, 0.25) is 0 Å². The standard InChI is InChI=1S/C19H17NO5/c1-12-17(19(23)24-2)16(10-13-5-7-14(21)8-6-13)18(22)20(12)11-15-4-3-9-25-15/h3-10,21H,11H2,1-2H3/b16-10-. The quantitative estimate of drug-likeness (QED) is 0.684. The van der Waals surface area contributed by atoms with Crippen LogP contribution in [0.25, 0.3) is 6.08 Å². The summed E-state index contributed by atoms with van der Waals surface area (Å²) in [6.45, 7) is 1.93. The van der Waals surface area contributed by atoms with Gasteiger partial charge in [0, 0.05) is 5.70 Å². The molecule has 1 aliphatic heterocycles. The van der Waals surface area contributed by atoms with Crippen molar-refractivity contribution in [1.29, 1.82) is 0 Å². The van der Waals surface area contributed by atoms with Crippen LogP contribution in [0.15, 0.2) is 63.9 Å². The largest absolute Gasteiger partial charge is 0.508 e. The summed E-state index contributed by atoms with van der Waals surface area (Å²) in [5, 5.41) is 9.39. The van der Waals surface area contributed by atoms with E-state index >= 15 is 0 Å². The molecule has 1 amide bonds. The normalized spacial score (nSPS) is 16.0. The molecular weight excluding hydrogens is 322 g/mol. The number of aromatic hydroxyl groups is 1. The van der Waals surface area contributed by atoms with Gasteiger partial charge in [-0.3, -0.25) is 4.79 Å². The van der Waals surface area contributed by atoms with Gasteiger partial charge in [0.25, 0.3) is 5.91 Å². The lowest BCUT2D eigenvalue weighted by Gasteiger charge is -2.16. The van der Waals surface area contributed by atoms with E-state index in [9.17, 15) is 14.7 Å². The van der Waals surface area contributed by atoms with Gasteiger partial charge in [0.1, 0.15) is 11.5 Å². The van der Waals surface area contributed by atoms with Gasteiger partial charge in [0.05, 0.1) is 31.1 Å². The first kappa shape index (κ1) is 16.6. The van der Waals surface area contributed by atoms with E-state index in [2.05, 4.69) is 0 Å². The SMILES string of the molecule is COC(=O)C1=C(C)N(Cc2ccco2)C(=O)/C1=C\c1ccc(O)cc1. The Labute approximate surface area is 144 Å². The zero-order valence-corrected chi connectivity index (χ0v) is 13.9. The van der Waals surface area contributed by atoms with Crippen molar-refractivity contribution in [2.24, 2.45) is 0 Å². The molecule has 3 rings (SSSR count). The van der Waals surface area contributed by atoms with Crippen LogP contribution in [0.4, 0.5) is 0 Å². The molecule has 0 saturated carbocycles. The van der Waals surface area contributed by atoms with Crippen LogP contribution >= 0.6 is 0 Å². The second-order valence-electron chi connectivity index (χ2n) is 5.57. The average molecular weight is 339 g/mol. The third-order valence-corrected chi connectivity index (χ3v) is 4.00. The van der Waals surface area contributed by atoms with Gasteiger partial charge >= 0.3 is 5.97 Å². The van der Waals surface area contributed by atoms with E-state index in [-0.39, 0.29) is 29.3 Å². The Morgan fingerprint density at radius 2 is 2.00 bits per heavy atom. The van der Waals surface area contributed by atoms with Crippen molar-refractivity contribution < 1.29 is 23.8 Å². The molecule has 6 nitrogen and oxygen atoms in total. The van der Waals surface area contributed by atoms with Crippen molar-refractivity contribution in [1.82, 2.24) is 4.90 Å². The molecule has 0 spiro atoms. The minimum Gasteiger partial charge on any atom is -0.508 e. The summed E-state index contributed by atoms with van der Waals surface area (Å²) < 4.78 is 10.1. The zero-order chi connectivity index (χ0) is 18.0. The molecule has 0 radical (unpaired) electrons. The lowest BCUT2D eigenvalue weighted by atomic mass is 10.0. The number of rotatable bonds is 4. The molecule has 0 saturated heterocycles. The molecule has 25 heavy (non-hydrogen) atoms. The van der Waals surface area contributed by atoms with Crippen LogP contribution in [0.3, 0.4) is 0 Å². The number of esters is 1. The van der Waals surface area contributed by atoms with E-state index in [1.807, 2.05) is 0 Å². The van der Waals surface area contributed by atoms with Crippen LogP contribution in [0, 0.1) is 0 Å². The Hall–Kier alpha value is -3.28. The Kier molecular flexibility index (Phi) is 4.43. The highest BCUT2D eigenvalue weighted by atomic mass is 16.5. The van der Waals surface area contributed by atoms with Crippen molar-refractivity contribution in [2.75, 3.05) is 7.11 Å². The Bertz CT molecular complexity index is 860. The van der Waals surface area contributed by atoms with E-state index < -0.39 is 5.97 Å². The maximum absolute atomic E-state index is 12.9. The van der Waals surface area contributed by atoms with Gasteiger partial charge in [-0.2, -0.15) is 0 Å². The van der Waals surface area contributed by atoms with Crippen LogP contribution in [0.2, 0.25) is 0 Å². The van der Waals surface area contributed by atoms with E-state index in [0.29, 0.717) is 17.0 Å². The minimum absolute atomic E-state index is 0.124. The fourth-order valence-electron chi connectivity index (χ4n) is 2.71. The number of hydrogen-bond donors (Lipinski definition) is 1. The minimum atomic E-state index is -0.571. The van der Waals surface area contributed by atoms with Crippen molar-refractivity contribution in [3.05, 3.63) is 70.8 Å². The fraction of sp³-hybridized carbons (Fsp3) is 0.158. The zero-order valence-electron chi connectivity index (χ0n) is 13.9. The number of nitrogens with zero attached hydrogens (tertiary/aromatic N) is 1. The average Bonchev–Trinajstić information content (AvgIpc) is 3.19. The molecule has 1 aromatic carbocycles. The predicted octanol–water partition coefficient (Wildman–Crippen LogP) is 2.86. The number of methoxy groups -OCH3 is 1. The molecule has 0 atom stereocenters. The molecule has 1 N–H and O–H groups in total. The van der Waals surface area contributed by atoms with Crippen LogP contribution in [-0.4, -0.2) is 29.0 Å². The molecule has 1 aliphatic rings. The maximum atomic E-state index is 12.9. The lowest BCUT2D eigenvalue weighted by molar-refractivity contribution is -0.136. The number of phenols is 1. The van der Waals surface area contributed by atoms with Crippen molar-refractivity contribution >= 4 is 18.0 Å². The summed E-state index contributed by atoms with van der Waals surface area (Å²) in [6.07, 6.45) is 3.14. The Morgan fingerprint density at radius 3 is 2.60 bits per heavy atom. The van der Waals surface area contributed by atoms with Gasteiger partial charge in [-0.05, 0) is 42.8 Å². The number of amides is 1. The van der Waals surface area contributed by atoms with Gasteiger partial charge in [-0.15, -0.1) is 0 Å². The second kappa shape index (κ2) is 6.68. The highest BCUT2D eigenvalue weighted by Gasteiger charge is 2.37. The van der Waals surface area contributed by atoms with Crippen LogP contribution in [-0.2, 0) is 20.9 Å². The Morgan fingerprint density at radius 1 is 1.28 bits per heavy atom. The summed E-state index contributed by atoms with van der Waals surface area (Å²) in [4.78, 5) is 26.6. The Balaban J connectivity index is 2.02. The van der Waals surface area contributed by atoms with Crippen LogP contribution in [0.1, 0.15) is 18.2 Å². The van der Waals surface area contributed by atoms with E-state index in [1.165, 1.54) is 30.4 Å². The number of phenolic OH excluding ortho intramolecular Hbond substituents is 1. The third kappa shape index (κ3) is 3.19. The predicted molar refractivity (Wildman–Crippen MR) is 90.1 cm³/mol. The highest BCUT2D eigenvalue weighted by molar-refractivity contribution is 6.16. The molecule has 6 heteroatoms. The fourth-order valence-corrected chi connectivity index (χ4v) is 2.71. The van der Waals surface area contributed by atoms with Gasteiger partial charge in [0.15, 0.2) is 0 Å². The van der Waals surface area contributed by atoms with Gasteiger partial charge in [-0.25, -0.2) is 4.79 Å². The molecular formula is C19H17NO5.